The standard InChI is InChI=1S/C13H25N/c1-12(2,3)13(7-4-5-8-13)11-14-9-6-10-14/h4-11H2,1-3H3. The van der Waals surface area contributed by atoms with Gasteiger partial charge in [0.1, 0.15) is 0 Å². The molecule has 0 spiro atoms. The van der Waals surface area contributed by atoms with Crippen molar-refractivity contribution in [2.24, 2.45) is 10.8 Å². The van der Waals surface area contributed by atoms with Gasteiger partial charge in [0.05, 0.1) is 0 Å². The van der Waals surface area contributed by atoms with E-state index in [0.29, 0.717) is 10.8 Å². The highest BCUT2D eigenvalue weighted by molar-refractivity contribution is 4.96. The molecule has 14 heavy (non-hydrogen) atoms. The number of hydrogen-bond donors (Lipinski definition) is 0. The SMILES string of the molecule is CC(C)(C)C1(CN2CCC2)CCCC1. The van der Waals surface area contributed by atoms with Gasteiger partial charge in [0.2, 0.25) is 0 Å². The van der Waals surface area contributed by atoms with Crippen LogP contribution in [0, 0.1) is 10.8 Å². The summed E-state index contributed by atoms with van der Waals surface area (Å²) in [5.41, 5.74) is 1.13. The Morgan fingerprint density at radius 1 is 1.00 bits per heavy atom. The maximum Gasteiger partial charge on any atom is 0.00430 e. The molecule has 1 heteroatoms. The average molecular weight is 195 g/mol. The minimum Gasteiger partial charge on any atom is -0.303 e. The third-order valence-electron chi connectivity index (χ3n) is 4.63. The molecule has 0 amide bonds. The summed E-state index contributed by atoms with van der Waals surface area (Å²) < 4.78 is 0. The Hall–Kier alpha value is -0.0400. The Bertz CT molecular complexity index is 192. The van der Waals surface area contributed by atoms with Gasteiger partial charge in [0.25, 0.3) is 0 Å². The van der Waals surface area contributed by atoms with Crippen molar-refractivity contribution in [2.75, 3.05) is 19.6 Å². The highest BCUT2D eigenvalue weighted by atomic mass is 15.2. The molecule has 1 heterocycles. The van der Waals surface area contributed by atoms with Crippen molar-refractivity contribution in [1.29, 1.82) is 0 Å². The first-order chi connectivity index (χ1) is 6.54. The van der Waals surface area contributed by atoms with Crippen LogP contribution in [-0.4, -0.2) is 24.5 Å². The molecular formula is C13H25N. The van der Waals surface area contributed by atoms with E-state index in [2.05, 4.69) is 25.7 Å². The van der Waals surface area contributed by atoms with E-state index in [9.17, 15) is 0 Å². The molecule has 1 saturated heterocycles. The summed E-state index contributed by atoms with van der Waals surface area (Å²) in [6.45, 7) is 11.4. The lowest BCUT2D eigenvalue weighted by Crippen LogP contribution is -2.49. The van der Waals surface area contributed by atoms with Gasteiger partial charge in [-0.15, -0.1) is 0 Å². The average Bonchev–Trinajstić information content (AvgIpc) is 2.44. The van der Waals surface area contributed by atoms with Crippen molar-refractivity contribution in [1.82, 2.24) is 4.90 Å². The van der Waals surface area contributed by atoms with Crippen LogP contribution in [0.1, 0.15) is 52.9 Å². The molecule has 1 nitrogen and oxygen atoms in total. The topological polar surface area (TPSA) is 3.24 Å². The molecule has 2 aliphatic rings. The van der Waals surface area contributed by atoms with E-state index < -0.39 is 0 Å². The molecule has 0 radical (unpaired) electrons. The first kappa shape index (κ1) is 10.5. The van der Waals surface area contributed by atoms with E-state index in [-0.39, 0.29) is 0 Å². The van der Waals surface area contributed by atoms with Crippen LogP contribution in [0.4, 0.5) is 0 Å². The van der Waals surface area contributed by atoms with Crippen molar-refractivity contribution in [2.45, 2.75) is 52.9 Å². The van der Waals surface area contributed by atoms with Gasteiger partial charge in [-0.3, -0.25) is 0 Å². The maximum atomic E-state index is 2.66. The van der Waals surface area contributed by atoms with Gasteiger partial charge in [0.15, 0.2) is 0 Å². The molecule has 0 aromatic heterocycles. The summed E-state index contributed by atoms with van der Waals surface area (Å²) in [5, 5.41) is 0. The zero-order valence-corrected chi connectivity index (χ0v) is 10.1. The van der Waals surface area contributed by atoms with Crippen molar-refractivity contribution in [3.8, 4) is 0 Å². The monoisotopic (exact) mass is 195 g/mol. The zero-order valence-electron chi connectivity index (χ0n) is 10.1. The highest BCUT2D eigenvalue weighted by Crippen LogP contribution is 2.51. The van der Waals surface area contributed by atoms with Crippen LogP contribution >= 0.6 is 0 Å². The summed E-state index contributed by atoms with van der Waals surface area (Å²) in [7, 11) is 0. The summed E-state index contributed by atoms with van der Waals surface area (Å²) in [6, 6.07) is 0. The fourth-order valence-corrected chi connectivity index (χ4v) is 3.16. The van der Waals surface area contributed by atoms with Gasteiger partial charge in [-0.1, -0.05) is 33.6 Å². The minimum atomic E-state index is 0.499. The van der Waals surface area contributed by atoms with Crippen molar-refractivity contribution in [3.05, 3.63) is 0 Å². The molecule has 2 rings (SSSR count). The molecule has 1 aliphatic carbocycles. The van der Waals surface area contributed by atoms with Gasteiger partial charge >= 0.3 is 0 Å². The first-order valence-corrected chi connectivity index (χ1v) is 6.26. The van der Waals surface area contributed by atoms with Crippen LogP contribution in [0.3, 0.4) is 0 Å². The molecule has 0 aromatic rings. The number of rotatable bonds is 2. The van der Waals surface area contributed by atoms with E-state index in [1.54, 1.807) is 0 Å². The normalized spacial score (nSPS) is 27.6. The number of hydrogen-bond acceptors (Lipinski definition) is 1. The summed E-state index contributed by atoms with van der Waals surface area (Å²) >= 11 is 0. The molecule has 1 saturated carbocycles. The van der Waals surface area contributed by atoms with Crippen LogP contribution in [-0.2, 0) is 0 Å². The lowest BCUT2D eigenvalue weighted by molar-refractivity contribution is 0.0176. The molecule has 1 aliphatic heterocycles. The van der Waals surface area contributed by atoms with Crippen molar-refractivity contribution >= 4 is 0 Å². The van der Waals surface area contributed by atoms with Crippen LogP contribution in [0.15, 0.2) is 0 Å². The Balaban J connectivity index is 2.05. The predicted octanol–water partition coefficient (Wildman–Crippen LogP) is 3.30. The second-order valence-electron chi connectivity index (χ2n) is 6.37. The molecule has 0 atom stereocenters. The molecule has 0 N–H and O–H groups in total. The second kappa shape index (κ2) is 3.52. The predicted molar refractivity (Wildman–Crippen MR) is 61.4 cm³/mol. The smallest absolute Gasteiger partial charge is 0.00430 e. The van der Waals surface area contributed by atoms with Gasteiger partial charge in [-0.05, 0) is 43.2 Å². The van der Waals surface area contributed by atoms with Crippen LogP contribution in [0.5, 0.6) is 0 Å². The molecular weight excluding hydrogens is 170 g/mol. The Kier molecular flexibility index (Phi) is 2.63. The Labute approximate surface area is 88.9 Å². The minimum absolute atomic E-state index is 0.499. The second-order valence-corrected chi connectivity index (χ2v) is 6.37. The molecule has 0 unspecified atom stereocenters. The highest BCUT2D eigenvalue weighted by Gasteiger charge is 2.45. The summed E-state index contributed by atoms with van der Waals surface area (Å²) in [6.07, 6.45) is 7.29. The fourth-order valence-electron chi connectivity index (χ4n) is 3.16. The van der Waals surface area contributed by atoms with Gasteiger partial charge in [0, 0.05) is 6.54 Å². The molecule has 0 bridgehead atoms. The van der Waals surface area contributed by atoms with Gasteiger partial charge in [-0.25, -0.2) is 0 Å². The van der Waals surface area contributed by atoms with Gasteiger partial charge < -0.3 is 4.90 Å². The Morgan fingerprint density at radius 2 is 1.57 bits per heavy atom. The van der Waals surface area contributed by atoms with Crippen LogP contribution < -0.4 is 0 Å². The Morgan fingerprint density at radius 3 is 1.93 bits per heavy atom. The third kappa shape index (κ3) is 1.71. The quantitative estimate of drug-likeness (QED) is 0.653. The molecule has 0 aromatic carbocycles. The summed E-state index contributed by atoms with van der Waals surface area (Å²) in [4.78, 5) is 2.66. The maximum absolute atomic E-state index is 2.66. The fraction of sp³-hybridized carbons (Fsp3) is 1.00. The number of likely N-dealkylation sites (tertiary alicyclic amines) is 1. The molecule has 2 fully saturated rings. The van der Waals surface area contributed by atoms with Crippen LogP contribution in [0.25, 0.3) is 0 Å². The zero-order chi connectivity index (χ0) is 10.2. The largest absolute Gasteiger partial charge is 0.303 e. The van der Waals surface area contributed by atoms with E-state index in [4.69, 9.17) is 0 Å². The van der Waals surface area contributed by atoms with E-state index in [0.717, 1.165) is 0 Å². The van der Waals surface area contributed by atoms with Gasteiger partial charge in [-0.2, -0.15) is 0 Å². The van der Waals surface area contributed by atoms with Crippen molar-refractivity contribution in [3.63, 3.8) is 0 Å². The summed E-state index contributed by atoms with van der Waals surface area (Å²) in [5.74, 6) is 0. The third-order valence-corrected chi connectivity index (χ3v) is 4.63. The first-order valence-electron chi connectivity index (χ1n) is 6.26. The van der Waals surface area contributed by atoms with Crippen molar-refractivity contribution < 1.29 is 0 Å². The van der Waals surface area contributed by atoms with E-state index in [1.807, 2.05) is 0 Å². The lowest BCUT2D eigenvalue weighted by Gasteiger charge is -2.47. The van der Waals surface area contributed by atoms with E-state index >= 15 is 0 Å². The lowest BCUT2D eigenvalue weighted by atomic mass is 9.65. The molecule has 82 valence electrons. The number of nitrogens with zero attached hydrogens (tertiary/aromatic N) is 1. The van der Waals surface area contributed by atoms with Crippen LogP contribution in [0.2, 0.25) is 0 Å². The van der Waals surface area contributed by atoms with E-state index in [1.165, 1.54) is 51.7 Å².